The van der Waals surface area contributed by atoms with Crippen molar-refractivity contribution in [2.75, 3.05) is 11.4 Å². The number of fused-ring (bicyclic) bond motifs is 1. The maximum Gasteiger partial charge on any atom is 0.121 e. The minimum Gasteiger partial charge on any atom is -0.352 e. The number of rotatable bonds is 2. The smallest absolute Gasteiger partial charge is 0.121 e. The minimum atomic E-state index is 0.396. The molecular weight excluding hydrogens is 208 g/mol. The van der Waals surface area contributed by atoms with Crippen LogP contribution in [0.3, 0.4) is 0 Å². The molecule has 2 aliphatic rings. The summed E-state index contributed by atoms with van der Waals surface area (Å²) in [6.07, 6.45) is 10.3. The Hall–Kier alpha value is -1.70. The van der Waals surface area contributed by atoms with E-state index in [0.717, 1.165) is 6.54 Å². The molecule has 17 heavy (non-hydrogen) atoms. The van der Waals surface area contributed by atoms with Crippen molar-refractivity contribution < 1.29 is 0 Å². The van der Waals surface area contributed by atoms with Crippen LogP contribution in [0.25, 0.3) is 0 Å². The summed E-state index contributed by atoms with van der Waals surface area (Å²) in [4.78, 5) is 4.95. The van der Waals surface area contributed by atoms with Gasteiger partial charge in [-0.05, 0) is 30.7 Å². The lowest BCUT2D eigenvalue weighted by Gasteiger charge is -2.32. The molecule has 2 aliphatic heterocycles. The predicted molar refractivity (Wildman–Crippen MR) is 71.8 cm³/mol. The van der Waals surface area contributed by atoms with Crippen molar-refractivity contribution in [1.82, 2.24) is 4.90 Å². The zero-order valence-electron chi connectivity index (χ0n) is 10.2. The Balaban J connectivity index is 1.96. The standard InChI is InChI=1S/C15H18N2/c1-2-13-12-16-11-7-6-10-15(16)17(13)14-8-4-3-5-9-14/h3-11,13,15H,2,12H2,1H3. The molecule has 0 amide bonds. The second-order valence-corrected chi connectivity index (χ2v) is 4.64. The van der Waals surface area contributed by atoms with Gasteiger partial charge in [0.2, 0.25) is 0 Å². The largest absolute Gasteiger partial charge is 0.352 e. The molecular formula is C15H18N2. The molecule has 3 rings (SSSR count). The summed E-state index contributed by atoms with van der Waals surface area (Å²) in [5, 5.41) is 0. The molecule has 2 heteroatoms. The minimum absolute atomic E-state index is 0.396. The molecule has 0 aliphatic carbocycles. The lowest BCUT2D eigenvalue weighted by atomic mass is 10.2. The first-order chi connectivity index (χ1) is 8.40. The van der Waals surface area contributed by atoms with Crippen molar-refractivity contribution in [3.05, 3.63) is 54.8 Å². The summed E-state index contributed by atoms with van der Waals surface area (Å²) >= 11 is 0. The average molecular weight is 226 g/mol. The molecule has 0 radical (unpaired) electrons. The summed E-state index contributed by atoms with van der Waals surface area (Å²) in [5.74, 6) is 0. The molecule has 1 saturated heterocycles. The first-order valence-corrected chi connectivity index (χ1v) is 6.34. The third-order valence-electron chi connectivity index (χ3n) is 3.64. The molecule has 0 bridgehead atoms. The van der Waals surface area contributed by atoms with Crippen molar-refractivity contribution >= 4 is 5.69 Å². The number of benzene rings is 1. The Morgan fingerprint density at radius 2 is 2.00 bits per heavy atom. The van der Waals surface area contributed by atoms with Gasteiger partial charge in [0.15, 0.2) is 0 Å². The van der Waals surface area contributed by atoms with Crippen LogP contribution in [0, 0.1) is 0 Å². The Kier molecular flexibility index (Phi) is 2.63. The monoisotopic (exact) mass is 226 g/mol. The number of allylic oxidation sites excluding steroid dienone is 2. The summed E-state index contributed by atoms with van der Waals surface area (Å²) in [7, 11) is 0. The quantitative estimate of drug-likeness (QED) is 0.765. The van der Waals surface area contributed by atoms with Crippen LogP contribution in [0.2, 0.25) is 0 Å². The maximum atomic E-state index is 2.53. The van der Waals surface area contributed by atoms with Crippen LogP contribution in [-0.4, -0.2) is 23.7 Å². The SMILES string of the molecule is CCC1CN2C=CC=CC2N1c1ccccc1. The van der Waals surface area contributed by atoms with Crippen LogP contribution in [0.15, 0.2) is 54.8 Å². The molecule has 0 N–H and O–H groups in total. The summed E-state index contributed by atoms with van der Waals surface area (Å²) in [5.41, 5.74) is 1.33. The van der Waals surface area contributed by atoms with Crippen LogP contribution < -0.4 is 4.90 Å². The Bertz CT molecular complexity index is 435. The van der Waals surface area contributed by atoms with Gasteiger partial charge in [-0.2, -0.15) is 0 Å². The molecule has 0 spiro atoms. The fourth-order valence-corrected chi connectivity index (χ4v) is 2.78. The van der Waals surface area contributed by atoms with Crippen molar-refractivity contribution in [3.8, 4) is 0 Å². The van der Waals surface area contributed by atoms with Gasteiger partial charge in [0.05, 0.1) is 0 Å². The first kappa shape index (κ1) is 10.5. The van der Waals surface area contributed by atoms with Crippen LogP contribution in [0.4, 0.5) is 5.69 Å². The maximum absolute atomic E-state index is 2.53. The molecule has 88 valence electrons. The number of hydrogen-bond donors (Lipinski definition) is 0. The number of nitrogens with zero attached hydrogens (tertiary/aromatic N) is 2. The van der Waals surface area contributed by atoms with Gasteiger partial charge in [0.25, 0.3) is 0 Å². The highest BCUT2D eigenvalue weighted by atomic mass is 15.4. The van der Waals surface area contributed by atoms with Gasteiger partial charge in [-0.15, -0.1) is 0 Å². The molecule has 2 heterocycles. The number of hydrogen-bond acceptors (Lipinski definition) is 2. The summed E-state index contributed by atoms with van der Waals surface area (Å²) < 4.78 is 0. The van der Waals surface area contributed by atoms with E-state index in [-0.39, 0.29) is 0 Å². The van der Waals surface area contributed by atoms with E-state index in [1.54, 1.807) is 0 Å². The van der Waals surface area contributed by atoms with E-state index >= 15 is 0 Å². The molecule has 2 unspecified atom stereocenters. The highest BCUT2D eigenvalue weighted by Gasteiger charge is 2.35. The topological polar surface area (TPSA) is 6.48 Å². The van der Waals surface area contributed by atoms with Crippen LogP contribution in [0.1, 0.15) is 13.3 Å². The van der Waals surface area contributed by atoms with E-state index in [1.165, 1.54) is 12.1 Å². The van der Waals surface area contributed by atoms with E-state index in [4.69, 9.17) is 0 Å². The van der Waals surface area contributed by atoms with E-state index in [9.17, 15) is 0 Å². The van der Waals surface area contributed by atoms with Gasteiger partial charge in [-0.1, -0.05) is 31.2 Å². The molecule has 0 saturated carbocycles. The van der Waals surface area contributed by atoms with Crippen molar-refractivity contribution in [2.24, 2.45) is 0 Å². The van der Waals surface area contributed by atoms with Gasteiger partial charge in [-0.3, -0.25) is 0 Å². The fraction of sp³-hybridized carbons (Fsp3) is 0.333. The third kappa shape index (κ3) is 1.74. The van der Waals surface area contributed by atoms with Gasteiger partial charge in [-0.25, -0.2) is 0 Å². The molecule has 1 fully saturated rings. The normalized spacial score (nSPS) is 26.4. The third-order valence-corrected chi connectivity index (χ3v) is 3.64. The molecule has 0 aromatic heterocycles. The molecule has 2 atom stereocenters. The van der Waals surface area contributed by atoms with Crippen LogP contribution in [0.5, 0.6) is 0 Å². The van der Waals surface area contributed by atoms with E-state index < -0.39 is 0 Å². The lowest BCUT2D eigenvalue weighted by molar-refractivity contribution is 0.394. The van der Waals surface area contributed by atoms with Crippen molar-refractivity contribution in [2.45, 2.75) is 25.6 Å². The Morgan fingerprint density at radius 1 is 1.18 bits per heavy atom. The molecule has 2 nitrogen and oxygen atoms in total. The Labute approximate surface area is 103 Å². The van der Waals surface area contributed by atoms with Crippen molar-refractivity contribution in [3.63, 3.8) is 0 Å². The second-order valence-electron chi connectivity index (χ2n) is 4.64. The van der Waals surface area contributed by atoms with Crippen molar-refractivity contribution in [1.29, 1.82) is 0 Å². The highest BCUT2D eigenvalue weighted by Crippen LogP contribution is 2.31. The van der Waals surface area contributed by atoms with Gasteiger partial charge in [0.1, 0.15) is 6.17 Å². The zero-order valence-corrected chi connectivity index (χ0v) is 10.2. The predicted octanol–water partition coefficient (Wildman–Crippen LogP) is 3.00. The van der Waals surface area contributed by atoms with E-state index in [2.05, 4.69) is 71.5 Å². The summed E-state index contributed by atoms with van der Waals surface area (Å²) in [6.45, 7) is 3.39. The lowest BCUT2D eigenvalue weighted by Crippen LogP contribution is -2.38. The van der Waals surface area contributed by atoms with Crippen LogP contribution >= 0.6 is 0 Å². The van der Waals surface area contributed by atoms with Gasteiger partial charge < -0.3 is 9.80 Å². The fourth-order valence-electron chi connectivity index (χ4n) is 2.78. The second kappa shape index (κ2) is 4.28. The molecule has 1 aromatic rings. The Morgan fingerprint density at radius 3 is 2.76 bits per heavy atom. The van der Waals surface area contributed by atoms with E-state index in [0.29, 0.717) is 12.2 Å². The number of para-hydroxylation sites is 1. The highest BCUT2D eigenvalue weighted by molar-refractivity contribution is 5.51. The average Bonchev–Trinajstić information content (AvgIpc) is 2.78. The zero-order chi connectivity index (χ0) is 11.7. The summed E-state index contributed by atoms with van der Waals surface area (Å²) in [6, 6.07) is 11.3. The van der Waals surface area contributed by atoms with E-state index in [1.807, 2.05) is 0 Å². The van der Waals surface area contributed by atoms with Gasteiger partial charge >= 0.3 is 0 Å². The molecule has 1 aromatic carbocycles. The van der Waals surface area contributed by atoms with Crippen LogP contribution in [-0.2, 0) is 0 Å². The first-order valence-electron chi connectivity index (χ1n) is 6.34. The number of anilines is 1. The van der Waals surface area contributed by atoms with Gasteiger partial charge in [0, 0.05) is 24.5 Å².